The Morgan fingerprint density at radius 3 is 2.57 bits per heavy atom. The molecule has 1 aromatic heterocycles. The summed E-state index contributed by atoms with van der Waals surface area (Å²) in [5.41, 5.74) is 0.689. The molecule has 0 bridgehead atoms. The van der Waals surface area contributed by atoms with Crippen LogP contribution in [0.2, 0.25) is 0 Å². The van der Waals surface area contributed by atoms with E-state index >= 15 is 0 Å². The minimum absolute atomic E-state index is 0.200. The number of carbonyl (C=O) groups is 1. The minimum atomic E-state index is -1.26. The molecule has 5 heteroatoms. The molecule has 0 spiro atoms. The van der Waals surface area contributed by atoms with Crippen molar-refractivity contribution in [1.29, 1.82) is 0 Å². The monoisotopic (exact) mass is 317 g/mol. The Morgan fingerprint density at radius 2 is 2.09 bits per heavy atom. The van der Waals surface area contributed by atoms with Gasteiger partial charge in [0.05, 0.1) is 10.9 Å². The SMILES string of the molecule is CCc1cc2c(c(C(C)C)c1F)c(=O)c(C(=O)O)cn2C1CC1. The number of hydrogen-bond donors (Lipinski definition) is 1. The second kappa shape index (κ2) is 5.48. The van der Waals surface area contributed by atoms with Crippen molar-refractivity contribution in [3.05, 3.63) is 45.0 Å². The highest BCUT2D eigenvalue weighted by molar-refractivity contribution is 5.94. The van der Waals surface area contributed by atoms with Crippen LogP contribution in [0.3, 0.4) is 0 Å². The van der Waals surface area contributed by atoms with Crippen LogP contribution >= 0.6 is 0 Å². The van der Waals surface area contributed by atoms with Gasteiger partial charge in [0.25, 0.3) is 0 Å². The molecule has 0 radical (unpaired) electrons. The molecule has 1 fully saturated rings. The third-order valence-corrected chi connectivity index (χ3v) is 4.50. The molecule has 2 aromatic rings. The summed E-state index contributed by atoms with van der Waals surface area (Å²) in [7, 11) is 0. The average molecular weight is 317 g/mol. The predicted molar refractivity (Wildman–Crippen MR) is 86.9 cm³/mol. The molecular formula is C18H20FNO3. The number of aryl methyl sites for hydroxylation is 1. The maximum atomic E-state index is 14.8. The van der Waals surface area contributed by atoms with E-state index in [1.807, 2.05) is 25.3 Å². The lowest BCUT2D eigenvalue weighted by Crippen LogP contribution is -2.21. The molecule has 23 heavy (non-hydrogen) atoms. The topological polar surface area (TPSA) is 59.3 Å². The van der Waals surface area contributed by atoms with Crippen LogP contribution < -0.4 is 5.43 Å². The molecule has 0 unspecified atom stereocenters. The van der Waals surface area contributed by atoms with Gasteiger partial charge in [0.15, 0.2) is 0 Å². The van der Waals surface area contributed by atoms with Gasteiger partial charge >= 0.3 is 5.97 Å². The number of fused-ring (bicyclic) bond motifs is 1. The summed E-state index contributed by atoms with van der Waals surface area (Å²) in [6.45, 7) is 5.52. The Labute approximate surface area is 133 Å². The molecule has 1 N–H and O–H groups in total. The standard InChI is InChI=1S/C18H20FNO3/c1-4-10-7-13-15(14(9(2)3)16(10)19)17(21)12(18(22)23)8-20(13)11-5-6-11/h7-9,11H,4-6H2,1-3H3,(H,22,23). The highest BCUT2D eigenvalue weighted by Crippen LogP contribution is 2.39. The zero-order valence-corrected chi connectivity index (χ0v) is 13.5. The summed E-state index contributed by atoms with van der Waals surface area (Å²) < 4.78 is 16.7. The molecule has 1 saturated carbocycles. The molecule has 1 aromatic carbocycles. The largest absolute Gasteiger partial charge is 0.477 e. The average Bonchev–Trinajstić information content (AvgIpc) is 3.31. The van der Waals surface area contributed by atoms with Crippen LogP contribution in [0.1, 0.15) is 67.1 Å². The van der Waals surface area contributed by atoms with Gasteiger partial charge in [0, 0.05) is 17.8 Å². The second-order valence-electron chi connectivity index (χ2n) is 6.48. The first-order valence-corrected chi connectivity index (χ1v) is 8.00. The number of aromatic carboxylic acids is 1. The summed E-state index contributed by atoms with van der Waals surface area (Å²) in [6, 6.07) is 1.91. The first-order chi connectivity index (χ1) is 10.9. The maximum absolute atomic E-state index is 14.8. The first kappa shape index (κ1) is 15.7. The van der Waals surface area contributed by atoms with Crippen molar-refractivity contribution in [3.8, 4) is 0 Å². The third kappa shape index (κ3) is 2.44. The van der Waals surface area contributed by atoms with Crippen LogP contribution in [0.5, 0.6) is 0 Å². The summed E-state index contributed by atoms with van der Waals surface area (Å²) >= 11 is 0. The zero-order valence-electron chi connectivity index (χ0n) is 13.5. The van der Waals surface area contributed by atoms with E-state index in [1.165, 1.54) is 6.20 Å². The summed E-state index contributed by atoms with van der Waals surface area (Å²) in [5.74, 6) is -1.84. The summed E-state index contributed by atoms with van der Waals surface area (Å²) in [4.78, 5) is 24.1. The number of hydrogen-bond acceptors (Lipinski definition) is 2. The number of carboxylic acid groups (broad SMARTS) is 1. The Kier molecular flexibility index (Phi) is 3.74. The molecule has 1 heterocycles. The molecule has 1 aliphatic carbocycles. The van der Waals surface area contributed by atoms with Crippen LogP contribution in [0.4, 0.5) is 4.39 Å². The molecule has 122 valence electrons. The molecule has 0 atom stereocenters. The molecule has 4 nitrogen and oxygen atoms in total. The van der Waals surface area contributed by atoms with Crippen LogP contribution in [0, 0.1) is 5.82 Å². The van der Waals surface area contributed by atoms with E-state index in [-0.39, 0.29) is 28.7 Å². The van der Waals surface area contributed by atoms with Gasteiger partial charge in [-0.3, -0.25) is 4.79 Å². The van der Waals surface area contributed by atoms with Crippen LogP contribution in [0.15, 0.2) is 17.1 Å². The Balaban J connectivity index is 2.54. The van der Waals surface area contributed by atoms with E-state index < -0.39 is 11.4 Å². The van der Waals surface area contributed by atoms with Gasteiger partial charge in [-0.25, -0.2) is 9.18 Å². The maximum Gasteiger partial charge on any atom is 0.341 e. The number of aromatic nitrogens is 1. The van der Waals surface area contributed by atoms with E-state index in [0.29, 0.717) is 23.1 Å². The van der Waals surface area contributed by atoms with Crippen molar-refractivity contribution in [2.45, 2.75) is 52.0 Å². The van der Waals surface area contributed by atoms with Crippen molar-refractivity contribution in [2.75, 3.05) is 0 Å². The van der Waals surface area contributed by atoms with E-state index in [4.69, 9.17) is 0 Å². The van der Waals surface area contributed by atoms with Crippen LogP contribution in [0.25, 0.3) is 10.9 Å². The van der Waals surface area contributed by atoms with Crippen LogP contribution in [-0.4, -0.2) is 15.6 Å². The number of nitrogens with zero attached hydrogens (tertiary/aromatic N) is 1. The fourth-order valence-electron chi connectivity index (χ4n) is 3.17. The Morgan fingerprint density at radius 1 is 1.43 bits per heavy atom. The lowest BCUT2D eigenvalue weighted by Gasteiger charge is -2.18. The lowest BCUT2D eigenvalue weighted by atomic mass is 9.92. The first-order valence-electron chi connectivity index (χ1n) is 8.00. The highest BCUT2D eigenvalue weighted by atomic mass is 19.1. The molecule has 0 aliphatic heterocycles. The van der Waals surface area contributed by atoms with Crippen molar-refractivity contribution in [3.63, 3.8) is 0 Å². The minimum Gasteiger partial charge on any atom is -0.477 e. The summed E-state index contributed by atoms with van der Waals surface area (Å²) in [6.07, 6.45) is 3.85. The van der Waals surface area contributed by atoms with E-state index in [9.17, 15) is 19.1 Å². The molecule has 3 rings (SSSR count). The van der Waals surface area contributed by atoms with Crippen molar-refractivity contribution >= 4 is 16.9 Å². The van der Waals surface area contributed by atoms with E-state index in [0.717, 1.165) is 12.8 Å². The fraction of sp³-hybridized carbons (Fsp3) is 0.444. The smallest absolute Gasteiger partial charge is 0.341 e. The van der Waals surface area contributed by atoms with Crippen LogP contribution in [-0.2, 0) is 6.42 Å². The zero-order chi connectivity index (χ0) is 16.9. The van der Waals surface area contributed by atoms with Gasteiger partial charge in [-0.1, -0.05) is 20.8 Å². The third-order valence-electron chi connectivity index (χ3n) is 4.50. The highest BCUT2D eigenvalue weighted by Gasteiger charge is 2.29. The molecule has 1 aliphatic rings. The van der Waals surface area contributed by atoms with Gasteiger partial charge in [0.2, 0.25) is 5.43 Å². The number of pyridine rings is 1. The number of halogens is 1. The number of benzene rings is 1. The van der Waals surface area contributed by atoms with Crippen molar-refractivity contribution in [2.24, 2.45) is 0 Å². The predicted octanol–water partition coefficient (Wildman–Crippen LogP) is 3.86. The second-order valence-corrected chi connectivity index (χ2v) is 6.48. The van der Waals surface area contributed by atoms with Crippen molar-refractivity contribution < 1.29 is 14.3 Å². The number of carboxylic acids is 1. The van der Waals surface area contributed by atoms with Gasteiger partial charge in [-0.15, -0.1) is 0 Å². The van der Waals surface area contributed by atoms with Gasteiger partial charge in [-0.2, -0.15) is 0 Å². The number of rotatable bonds is 4. The normalized spacial score (nSPS) is 14.7. The van der Waals surface area contributed by atoms with E-state index in [2.05, 4.69) is 0 Å². The molecular weight excluding hydrogens is 297 g/mol. The Hall–Kier alpha value is -2.17. The quantitative estimate of drug-likeness (QED) is 0.931. The molecule has 0 amide bonds. The van der Waals surface area contributed by atoms with Crippen molar-refractivity contribution in [1.82, 2.24) is 4.57 Å². The fourth-order valence-corrected chi connectivity index (χ4v) is 3.17. The van der Waals surface area contributed by atoms with Gasteiger partial charge in [-0.05, 0) is 36.8 Å². The van der Waals surface area contributed by atoms with Gasteiger partial charge in [0.1, 0.15) is 11.4 Å². The van der Waals surface area contributed by atoms with Gasteiger partial charge < -0.3 is 9.67 Å². The molecule has 0 saturated heterocycles. The Bertz CT molecular complexity index is 863. The summed E-state index contributed by atoms with van der Waals surface area (Å²) in [5, 5.41) is 9.57. The van der Waals surface area contributed by atoms with E-state index in [1.54, 1.807) is 6.07 Å². The lowest BCUT2D eigenvalue weighted by molar-refractivity contribution is 0.0695.